The van der Waals surface area contributed by atoms with Crippen LogP contribution in [0.2, 0.25) is 0 Å². The molecule has 4 rings (SSSR count). The van der Waals surface area contributed by atoms with Gasteiger partial charge in [-0.25, -0.2) is 8.42 Å². The minimum Gasteiger partial charge on any atom is -0.374 e. The van der Waals surface area contributed by atoms with Crippen LogP contribution < -0.4 is 5.32 Å². The Kier molecular flexibility index (Phi) is 8.10. The van der Waals surface area contributed by atoms with Gasteiger partial charge in [0.1, 0.15) is 0 Å². The summed E-state index contributed by atoms with van der Waals surface area (Å²) in [5.74, 6) is 0.488. The Morgan fingerprint density at radius 3 is 2.58 bits per heavy atom. The van der Waals surface area contributed by atoms with Crippen molar-refractivity contribution < 1.29 is 17.9 Å². The lowest BCUT2D eigenvalue weighted by molar-refractivity contribution is -0.127. The highest BCUT2D eigenvalue weighted by Gasteiger charge is 2.33. The number of ether oxygens (including phenoxy) is 1. The molecule has 0 bridgehead atoms. The quantitative estimate of drug-likeness (QED) is 0.653. The van der Waals surface area contributed by atoms with Crippen LogP contribution in [-0.2, 0) is 32.4 Å². The van der Waals surface area contributed by atoms with Gasteiger partial charge in [-0.2, -0.15) is 4.31 Å². The second kappa shape index (κ2) is 10.8. The predicted molar refractivity (Wildman–Crippen MR) is 129 cm³/mol. The van der Waals surface area contributed by atoms with E-state index < -0.39 is 10.0 Å². The number of hydrogen-bond acceptors (Lipinski definition) is 5. The number of morpholine rings is 1. The summed E-state index contributed by atoms with van der Waals surface area (Å²) in [5.41, 5.74) is 2.46. The number of fused-ring (bicyclic) bond motifs is 1. The molecule has 184 valence electrons. The monoisotopic (exact) mass is 477 g/mol. The van der Waals surface area contributed by atoms with Crippen molar-refractivity contribution in [2.45, 2.75) is 63.4 Å². The molecule has 0 spiro atoms. The number of piperidine rings is 1. The highest BCUT2D eigenvalue weighted by Crippen LogP contribution is 2.28. The zero-order valence-electron chi connectivity index (χ0n) is 20.1. The second-order valence-corrected chi connectivity index (χ2v) is 12.1. The molecule has 1 aromatic rings. The molecule has 33 heavy (non-hydrogen) atoms. The molecular weight excluding hydrogens is 438 g/mol. The lowest BCUT2D eigenvalue weighted by atomic mass is 9.92. The number of rotatable bonds is 7. The van der Waals surface area contributed by atoms with Crippen LogP contribution >= 0.6 is 0 Å². The number of carbonyl (C=O) groups excluding carboxylic acids is 1. The van der Waals surface area contributed by atoms with Crippen LogP contribution in [0.1, 0.15) is 50.7 Å². The topological polar surface area (TPSA) is 79.0 Å². The molecule has 1 aliphatic carbocycles. The maximum Gasteiger partial charge on any atom is 0.243 e. The van der Waals surface area contributed by atoms with Gasteiger partial charge in [0, 0.05) is 45.2 Å². The molecule has 7 nitrogen and oxygen atoms in total. The van der Waals surface area contributed by atoms with Crippen LogP contribution in [0.3, 0.4) is 0 Å². The summed E-state index contributed by atoms with van der Waals surface area (Å²) in [6.45, 7) is 9.25. The first-order valence-electron chi connectivity index (χ1n) is 12.6. The van der Waals surface area contributed by atoms with E-state index in [1.54, 1.807) is 10.4 Å². The lowest BCUT2D eigenvalue weighted by Gasteiger charge is -2.34. The van der Waals surface area contributed by atoms with Crippen LogP contribution in [0.25, 0.3) is 0 Å². The van der Waals surface area contributed by atoms with E-state index in [0.29, 0.717) is 49.9 Å². The SMILES string of the molecule is CC(C)CN1CCO[C@@H](CNC(=O)C2CCN(S(=O)(=O)c3ccc4c(c3)CCCC4)CC2)C1. The molecule has 1 atom stereocenters. The first-order chi connectivity index (χ1) is 15.8. The van der Waals surface area contributed by atoms with Crippen LogP contribution in [0.4, 0.5) is 0 Å². The Morgan fingerprint density at radius 1 is 1.12 bits per heavy atom. The maximum absolute atomic E-state index is 13.2. The molecule has 2 heterocycles. The van der Waals surface area contributed by atoms with E-state index in [1.807, 2.05) is 12.1 Å². The van der Waals surface area contributed by atoms with E-state index in [4.69, 9.17) is 4.74 Å². The van der Waals surface area contributed by atoms with E-state index in [-0.39, 0.29) is 17.9 Å². The highest BCUT2D eigenvalue weighted by molar-refractivity contribution is 7.89. The molecule has 1 amide bonds. The Hall–Kier alpha value is -1.48. The molecule has 2 saturated heterocycles. The van der Waals surface area contributed by atoms with Crippen molar-refractivity contribution in [2.75, 3.05) is 45.9 Å². The summed E-state index contributed by atoms with van der Waals surface area (Å²) in [5, 5.41) is 3.06. The smallest absolute Gasteiger partial charge is 0.243 e. The van der Waals surface area contributed by atoms with Gasteiger partial charge in [0.05, 0.1) is 17.6 Å². The summed E-state index contributed by atoms with van der Waals surface area (Å²) in [6.07, 6.45) is 5.43. The summed E-state index contributed by atoms with van der Waals surface area (Å²) in [6, 6.07) is 5.61. The number of hydrogen-bond donors (Lipinski definition) is 1. The molecule has 2 aliphatic heterocycles. The lowest BCUT2D eigenvalue weighted by Crippen LogP contribution is -2.50. The first kappa shape index (κ1) is 24.6. The standard InChI is InChI=1S/C25H39N3O4S/c1-19(2)17-27-13-14-32-23(18-27)16-26-25(29)21-9-11-28(12-10-21)33(30,31)24-8-7-20-5-3-4-6-22(20)15-24/h7-8,15,19,21,23H,3-6,9-14,16-18H2,1-2H3,(H,26,29)/t23-/m0/s1. The maximum atomic E-state index is 13.2. The average Bonchev–Trinajstić information content (AvgIpc) is 2.82. The van der Waals surface area contributed by atoms with E-state index >= 15 is 0 Å². The summed E-state index contributed by atoms with van der Waals surface area (Å²) in [7, 11) is -3.51. The third kappa shape index (κ3) is 6.15. The fraction of sp³-hybridized carbons (Fsp3) is 0.720. The minimum absolute atomic E-state index is 0.0189. The summed E-state index contributed by atoms with van der Waals surface area (Å²) >= 11 is 0. The van der Waals surface area contributed by atoms with Crippen molar-refractivity contribution >= 4 is 15.9 Å². The average molecular weight is 478 g/mol. The van der Waals surface area contributed by atoms with Crippen molar-refractivity contribution in [3.05, 3.63) is 29.3 Å². The van der Waals surface area contributed by atoms with E-state index in [1.165, 1.54) is 17.5 Å². The molecule has 2 fully saturated rings. The largest absolute Gasteiger partial charge is 0.374 e. The van der Waals surface area contributed by atoms with E-state index in [9.17, 15) is 13.2 Å². The first-order valence-corrected chi connectivity index (χ1v) is 14.0. The van der Waals surface area contributed by atoms with Crippen molar-refractivity contribution in [3.8, 4) is 0 Å². The Balaban J connectivity index is 1.26. The van der Waals surface area contributed by atoms with Crippen molar-refractivity contribution in [1.29, 1.82) is 0 Å². The number of nitrogens with zero attached hydrogens (tertiary/aromatic N) is 2. The van der Waals surface area contributed by atoms with E-state index in [0.717, 1.165) is 38.9 Å². The zero-order chi connectivity index (χ0) is 23.4. The van der Waals surface area contributed by atoms with Crippen molar-refractivity contribution in [1.82, 2.24) is 14.5 Å². The fourth-order valence-corrected chi connectivity index (χ4v) is 6.84. The second-order valence-electron chi connectivity index (χ2n) is 10.2. The van der Waals surface area contributed by atoms with Crippen LogP contribution in [0, 0.1) is 11.8 Å². The van der Waals surface area contributed by atoms with E-state index in [2.05, 4.69) is 24.1 Å². The van der Waals surface area contributed by atoms with Crippen LogP contribution in [0.5, 0.6) is 0 Å². The third-order valence-corrected chi connectivity index (χ3v) is 9.03. The predicted octanol–water partition coefficient (Wildman–Crippen LogP) is 2.44. The van der Waals surface area contributed by atoms with Gasteiger partial charge in [-0.3, -0.25) is 9.69 Å². The molecule has 8 heteroatoms. The Labute approximate surface area is 198 Å². The van der Waals surface area contributed by atoms with Gasteiger partial charge in [0.15, 0.2) is 0 Å². The Morgan fingerprint density at radius 2 is 1.85 bits per heavy atom. The van der Waals surface area contributed by atoms with Crippen LogP contribution in [0.15, 0.2) is 23.1 Å². The minimum atomic E-state index is -3.51. The van der Waals surface area contributed by atoms with Gasteiger partial charge in [-0.1, -0.05) is 19.9 Å². The van der Waals surface area contributed by atoms with Gasteiger partial charge in [0.2, 0.25) is 15.9 Å². The van der Waals surface area contributed by atoms with Gasteiger partial charge in [-0.05, 0) is 67.7 Å². The van der Waals surface area contributed by atoms with Crippen molar-refractivity contribution in [2.24, 2.45) is 11.8 Å². The normalized spacial score (nSPS) is 23.4. The summed E-state index contributed by atoms with van der Waals surface area (Å²) < 4.78 is 33.8. The molecule has 0 aromatic heterocycles. The number of aryl methyl sites for hydroxylation is 2. The molecule has 0 unspecified atom stereocenters. The molecule has 0 saturated carbocycles. The van der Waals surface area contributed by atoms with Crippen LogP contribution in [-0.4, -0.2) is 75.5 Å². The fourth-order valence-electron chi connectivity index (χ4n) is 5.32. The molecule has 0 radical (unpaired) electrons. The molecule has 1 N–H and O–H groups in total. The number of sulfonamides is 1. The van der Waals surface area contributed by atoms with Gasteiger partial charge < -0.3 is 10.1 Å². The van der Waals surface area contributed by atoms with Gasteiger partial charge in [-0.15, -0.1) is 0 Å². The zero-order valence-corrected chi connectivity index (χ0v) is 20.9. The van der Waals surface area contributed by atoms with Gasteiger partial charge in [0.25, 0.3) is 0 Å². The summed E-state index contributed by atoms with van der Waals surface area (Å²) in [4.78, 5) is 15.5. The molecule has 3 aliphatic rings. The highest BCUT2D eigenvalue weighted by atomic mass is 32.2. The Bertz CT molecular complexity index is 926. The number of carbonyl (C=O) groups is 1. The number of amides is 1. The van der Waals surface area contributed by atoms with Gasteiger partial charge >= 0.3 is 0 Å². The van der Waals surface area contributed by atoms with Crippen molar-refractivity contribution in [3.63, 3.8) is 0 Å². The number of nitrogens with one attached hydrogen (secondary N) is 1. The number of benzene rings is 1. The third-order valence-electron chi connectivity index (χ3n) is 7.13. The molecule has 1 aromatic carbocycles. The molecular formula is C25H39N3O4S.